The Bertz CT molecular complexity index is 1640. The molecule has 12 heteroatoms. The van der Waals surface area contributed by atoms with Gasteiger partial charge in [0, 0.05) is 29.1 Å². The molecule has 1 amide bonds. The predicted octanol–water partition coefficient (Wildman–Crippen LogP) is 2.40. The lowest BCUT2D eigenvalue weighted by molar-refractivity contribution is -0.172. The summed E-state index contributed by atoms with van der Waals surface area (Å²) in [6, 6.07) is 2.44. The molecule has 0 radical (unpaired) electrons. The minimum absolute atomic E-state index is 0.0464. The molecule has 2 aliphatic heterocycles. The fourth-order valence-corrected chi connectivity index (χ4v) is 5.48. The van der Waals surface area contributed by atoms with Gasteiger partial charge >= 0.3 is 5.97 Å². The Hall–Kier alpha value is -3.41. The van der Waals surface area contributed by atoms with E-state index in [2.05, 4.69) is 10.3 Å². The van der Waals surface area contributed by atoms with Crippen LogP contribution in [0.15, 0.2) is 16.9 Å². The molecule has 9 nitrogen and oxygen atoms in total. The summed E-state index contributed by atoms with van der Waals surface area (Å²) < 4.78 is 36.2. The van der Waals surface area contributed by atoms with E-state index in [4.69, 9.17) is 16.3 Å². The van der Waals surface area contributed by atoms with E-state index in [0.29, 0.717) is 5.56 Å². The Morgan fingerprint density at radius 1 is 1.32 bits per heavy atom. The lowest BCUT2D eigenvalue weighted by Gasteiger charge is -2.31. The first kappa shape index (κ1) is 24.9. The molecule has 1 saturated carbocycles. The van der Waals surface area contributed by atoms with Crippen molar-refractivity contribution in [2.24, 2.45) is 5.92 Å². The third-order valence-corrected chi connectivity index (χ3v) is 8.05. The standard InChI is InChI=1S/C26H22ClF2N3O6/c1-2-26(37)14-5-17-21-12(8-32(17)24(35)13(14)9-38-25(26)36)11(7-30-23(34)22(33)10-3-4-10)18-16(31-21)6-15(28)19(27)20(18)29/h5-6,10,22,33,37H,2-4,7-9H2,1H3,(H,30,34)/t22-,26+/m1/s1. The van der Waals surface area contributed by atoms with E-state index in [9.17, 15) is 29.0 Å². The lowest BCUT2D eigenvalue weighted by atomic mass is 9.86. The molecule has 0 spiro atoms. The van der Waals surface area contributed by atoms with Gasteiger partial charge in [0.25, 0.3) is 5.56 Å². The molecule has 3 aromatic rings. The van der Waals surface area contributed by atoms with Gasteiger partial charge in [0.15, 0.2) is 11.4 Å². The largest absolute Gasteiger partial charge is 0.458 e. The Morgan fingerprint density at radius 3 is 2.74 bits per heavy atom. The van der Waals surface area contributed by atoms with E-state index >= 15 is 4.39 Å². The number of benzene rings is 1. The van der Waals surface area contributed by atoms with Crippen LogP contribution in [0.3, 0.4) is 0 Å². The summed E-state index contributed by atoms with van der Waals surface area (Å²) in [6.45, 7) is 0.945. The minimum atomic E-state index is -2.04. The summed E-state index contributed by atoms with van der Waals surface area (Å²) in [4.78, 5) is 42.9. The number of aliphatic hydroxyl groups excluding tert-OH is 1. The number of carbonyl (C=O) groups excluding carboxylic acids is 2. The van der Waals surface area contributed by atoms with Gasteiger partial charge in [-0.2, -0.15) is 0 Å². The number of fused-ring (bicyclic) bond motifs is 5. The van der Waals surface area contributed by atoms with Gasteiger partial charge in [-0.15, -0.1) is 0 Å². The van der Waals surface area contributed by atoms with Gasteiger partial charge in [0.2, 0.25) is 5.91 Å². The van der Waals surface area contributed by atoms with E-state index < -0.39 is 45.8 Å². The molecule has 4 heterocycles. The predicted molar refractivity (Wildman–Crippen MR) is 130 cm³/mol. The Balaban J connectivity index is 1.56. The molecule has 2 atom stereocenters. The molecule has 0 saturated heterocycles. The zero-order chi connectivity index (χ0) is 27.1. The summed E-state index contributed by atoms with van der Waals surface area (Å²) in [5.41, 5.74) is -1.40. The van der Waals surface area contributed by atoms with Gasteiger partial charge in [-0.05, 0) is 36.8 Å². The number of nitrogens with one attached hydrogen (secondary N) is 1. The number of amides is 1. The van der Waals surface area contributed by atoms with Crippen LogP contribution in [0.2, 0.25) is 5.02 Å². The average molecular weight is 546 g/mol. The number of nitrogens with zero attached hydrogens (tertiary/aromatic N) is 2. The molecular formula is C26H22ClF2N3O6. The molecular weight excluding hydrogens is 524 g/mol. The van der Waals surface area contributed by atoms with Crippen LogP contribution in [0.4, 0.5) is 8.78 Å². The van der Waals surface area contributed by atoms with Crippen LogP contribution in [-0.2, 0) is 39.6 Å². The van der Waals surface area contributed by atoms with Crippen LogP contribution in [-0.4, -0.2) is 37.7 Å². The van der Waals surface area contributed by atoms with Crippen molar-refractivity contribution >= 4 is 34.4 Å². The van der Waals surface area contributed by atoms with Crippen molar-refractivity contribution in [3.8, 4) is 11.4 Å². The number of aliphatic hydroxyl groups is 2. The average Bonchev–Trinajstić information content (AvgIpc) is 3.69. The maximum absolute atomic E-state index is 15.3. The quantitative estimate of drug-likeness (QED) is 0.259. The van der Waals surface area contributed by atoms with Crippen molar-refractivity contribution in [3.63, 3.8) is 0 Å². The summed E-state index contributed by atoms with van der Waals surface area (Å²) in [5.74, 6) is -3.74. The highest BCUT2D eigenvalue weighted by Crippen LogP contribution is 2.41. The zero-order valence-corrected chi connectivity index (χ0v) is 20.9. The van der Waals surface area contributed by atoms with E-state index in [0.717, 1.165) is 18.9 Å². The zero-order valence-electron chi connectivity index (χ0n) is 20.1. The molecule has 2 aromatic heterocycles. The third kappa shape index (κ3) is 3.49. The van der Waals surface area contributed by atoms with Gasteiger partial charge in [-0.25, -0.2) is 18.6 Å². The van der Waals surface area contributed by atoms with Gasteiger partial charge in [-0.3, -0.25) is 9.59 Å². The summed E-state index contributed by atoms with van der Waals surface area (Å²) in [7, 11) is 0. The molecule has 1 fully saturated rings. The monoisotopic (exact) mass is 545 g/mol. The number of aromatic nitrogens is 2. The first-order valence-electron chi connectivity index (χ1n) is 12.2. The number of rotatable bonds is 5. The number of hydrogen-bond donors (Lipinski definition) is 3. The second-order valence-corrected chi connectivity index (χ2v) is 10.3. The van der Waals surface area contributed by atoms with Crippen molar-refractivity contribution in [1.82, 2.24) is 14.9 Å². The number of carbonyl (C=O) groups is 2. The minimum Gasteiger partial charge on any atom is -0.458 e. The number of pyridine rings is 2. The topological polar surface area (TPSA) is 131 Å². The van der Waals surface area contributed by atoms with Crippen molar-refractivity contribution in [2.45, 2.75) is 57.6 Å². The molecule has 3 aliphatic rings. The fourth-order valence-electron chi connectivity index (χ4n) is 5.33. The van der Waals surface area contributed by atoms with E-state index in [1.807, 2.05) is 0 Å². The molecule has 38 heavy (non-hydrogen) atoms. The van der Waals surface area contributed by atoms with Crippen molar-refractivity contribution < 1.29 is 33.3 Å². The van der Waals surface area contributed by atoms with E-state index in [-0.39, 0.29) is 71.0 Å². The van der Waals surface area contributed by atoms with Crippen LogP contribution in [0.1, 0.15) is 48.4 Å². The summed E-state index contributed by atoms with van der Waals surface area (Å²) in [5, 5.41) is 23.0. The van der Waals surface area contributed by atoms with Crippen molar-refractivity contribution in [2.75, 3.05) is 0 Å². The summed E-state index contributed by atoms with van der Waals surface area (Å²) in [6.07, 6.45) is 0.197. The van der Waals surface area contributed by atoms with E-state index in [1.54, 1.807) is 6.92 Å². The molecule has 198 valence electrons. The highest BCUT2D eigenvalue weighted by Gasteiger charge is 2.45. The number of halogens is 3. The third-order valence-electron chi connectivity index (χ3n) is 7.70. The Morgan fingerprint density at radius 2 is 2.05 bits per heavy atom. The summed E-state index contributed by atoms with van der Waals surface area (Å²) >= 11 is 5.87. The molecule has 3 N–H and O–H groups in total. The molecule has 1 aliphatic carbocycles. The van der Waals surface area contributed by atoms with Crippen LogP contribution in [0, 0.1) is 17.6 Å². The number of cyclic esters (lactones) is 1. The molecule has 0 unspecified atom stereocenters. The second-order valence-electron chi connectivity index (χ2n) is 9.90. The van der Waals surface area contributed by atoms with Crippen LogP contribution < -0.4 is 10.9 Å². The lowest BCUT2D eigenvalue weighted by Crippen LogP contribution is -2.44. The Kier molecular flexibility index (Phi) is 5.60. The maximum atomic E-state index is 15.3. The Labute approximate surface area is 219 Å². The second kappa shape index (κ2) is 8.55. The van der Waals surface area contributed by atoms with Crippen LogP contribution in [0.25, 0.3) is 22.3 Å². The number of esters is 1. The first-order valence-corrected chi connectivity index (χ1v) is 12.6. The van der Waals surface area contributed by atoms with Crippen LogP contribution in [0.5, 0.6) is 0 Å². The van der Waals surface area contributed by atoms with Gasteiger partial charge in [0.1, 0.15) is 23.6 Å². The van der Waals surface area contributed by atoms with Crippen molar-refractivity contribution in [1.29, 1.82) is 0 Å². The molecule has 6 rings (SSSR count). The highest BCUT2D eigenvalue weighted by atomic mass is 35.5. The molecule has 0 bridgehead atoms. The van der Waals surface area contributed by atoms with Gasteiger partial charge in [-0.1, -0.05) is 18.5 Å². The maximum Gasteiger partial charge on any atom is 0.343 e. The van der Waals surface area contributed by atoms with Gasteiger partial charge < -0.3 is 24.8 Å². The first-order chi connectivity index (χ1) is 18.1. The van der Waals surface area contributed by atoms with Gasteiger partial charge in [0.05, 0.1) is 29.0 Å². The van der Waals surface area contributed by atoms with Crippen molar-refractivity contribution in [3.05, 3.63) is 61.4 Å². The fraction of sp³-hybridized carbons (Fsp3) is 0.385. The van der Waals surface area contributed by atoms with E-state index in [1.165, 1.54) is 10.6 Å². The number of hydrogen-bond acceptors (Lipinski definition) is 7. The number of ether oxygens (including phenoxy) is 1. The normalized spacial score (nSPS) is 20.5. The smallest absolute Gasteiger partial charge is 0.343 e. The molecule has 1 aromatic carbocycles. The van der Waals surface area contributed by atoms with Crippen LogP contribution >= 0.6 is 11.6 Å². The highest BCUT2D eigenvalue weighted by molar-refractivity contribution is 6.31. The SMILES string of the molecule is CC[C@@]1(O)C(=O)OCc2c1cc1n(c2=O)Cc2c-1nc1cc(F)c(Cl)c(F)c1c2CNC(=O)[C@H](O)C1CC1.